The number of allylic oxidation sites excluding steroid dienone is 1. The Hall–Kier alpha value is -4.89. The number of carbonyl (C=O) groups excluding carboxylic acids is 1. The number of rotatable bonds is 5. The molecule has 0 spiro atoms. The molecule has 2 aromatic heterocycles. The largest absolute Gasteiger partial charge is 0.463 e. The van der Waals surface area contributed by atoms with Gasteiger partial charge in [-0.05, 0) is 49.2 Å². The number of hydrogen-bond acceptors (Lipinski definition) is 7. The molecule has 3 aromatic carbocycles. The van der Waals surface area contributed by atoms with Crippen molar-refractivity contribution >= 4 is 34.3 Å². The van der Waals surface area contributed by atoms with Crippen LogP contribution in [0.2, 0.25) is 0 Å². The second-order valence-corrected chi connectivity index (χ2v) is 10.7. The highest BCUT2D eigenvalue weighted by atomic mass is 32.1. The van der Waals surface area contributed by atoms with Crippen LogP contribution in [0.3, 0.4) is 0 Å². The predicted octanol–water partition coefficient (Wildman–Crippen LogP) is 4.68. The number of nitrogens with zero attached hydrogens (tertiary/aromatic N) is 2. The fraction of sp³-hybridized carbons (Fsp3) is 0.156. The van der Waals surface area contributed by atoms with E-state index in [4.69, 9.17) is 19.2 Å². The zero-order valence-electron chi connectivity index (χ0n) is 22.3. The zero-order valence-corrected chi connectivity index (χ0v) is 23.2. The molecule has 0 amide bonds. The molecule has 9 heteroatoms. The summed E-state index contributed by atoms with van der Waals surface area (Å²) in [7, 11) is 0. The number of carbonyl (C=O) groups is 1. The number of para-hydroxylation sites is 1. The van der Waals surface area contributed by atoms with E-state index in [1.165, 1.54) is 11.3 Å². The van der Waals surface area contributed by atoms with Gasteiger partial charge in [-0.3, -0.25) is 9.36 Å². The van der Waals surface area contributed by atoms with Crippen molar-refractivity contribution in [3.63, 3.8) is 0 Å². The first kappa shape index (κ1) is 25.1. The molecule has 0 saturated heterocycles. The number of aromatic nitrogens is 2. The summed E-state index contributed by atoms with van der Waals surface area (Å²) in [5.74, 6) is 0.676. The minimum Gasteiger partial charge on any atom is -0.463 e. The SMILES string of the molecule is CCOC(=O)C1=C(C)N=c2s/c(=C\c3c(-c4ccccc4)[nH]c4ccccc34)c(=O)n2[C@@H]1c1ccc2c(c1)OCO2. The molecule has 0 aliphatic carbocycles. The molecule has 4 heterocycles. The molecule has 8 nitrogen and oxygen atoms in total. The van der Waals surface area contributed by atoms with Gasteiger partial charge in [-0.15, -0.1) is 0 Å². The molecule has 7 rings (SSSR count). The second-order valence-electron chi connectivity index (χ2n) is 9.74. The van der Waals surface area contributed by atoms with Crippen molar-refractivity contribution in [3.8, 4) is 22.8 Å². The maximum Gasteiger partial charge on any atom is 0.338 e. The van der Waals surface area contributed by atoms with Crippen molar-refractivity contribution in [2.24, 2.45) is 4.99 Å². The Labute approximate surface area is 238 Å². The van der Waals surface area contributed by atoms with Crippen LogP contribution in [0.4, 0.5) is 0 Å². The first-order valence-electron chi connectivity index (χ1n) is 13.3. The molecule has 1 atom stereocenters. The molecular weight excluding hydrogens is 538 g/mol. The number of hydrogen-bond donors (Lipinski definition) is 1. The summed E-state index contributed by atoms with van der Waals surface area (Å²) in [6, 6.07) is 22.8. The first-order chi connectivity index (χ1) is 20.0. The van der Waals surface area contributed by atoms with Gasteiger partial charge in [0.2, 0.25) is 6.79 Å². The van der Waals surface area contributed by atoms with Crippen molar-refractivity contribution in [2.75, 3.05) is 13.4 Å². The molecule has 0 radical (unpaired) electrons. The van der Waals surface area contributed by atoms with E-state index < -0.39 is 12.0 Å². The van der Waals surface area contributed by atoms with Gasteiger partial charge in [0.25, 0.3) is 5.56 Å². The summed E-state index contributed by atoms with van der Waals surface area (Å²) in [6.07, 6.45) is 1.92. The highest BCUT2D eigenvalue weighted by Gasteiger charge is 2.34. The van der Waals surface area contributed by atoms with Gasteiger partial charge in [0.1, 0.15) is 0 Å². The molecule has 0 unspecified atom stereocenters. The van der Waals surface area contributed by atoms with E-state index in [2.05, 4.69) is 4.98 Å². The Morgan fingerprint density at radius 1 is 1.10 bits per heavy atom. The Morgan fingerprint density at radius 2 is 1.88 bits per heavy atom. The van der Waals surface area contributed by atoms with Crippen molar-refractivity contribution in [3.05, 3.63) is 115 Å². The fourth-order valence-electron chi connectivity index (χ4n) is 5.47. The van der Waals surface area contributed by atoms with E-state index in [1.807, 2.05) is 72.8 Å². The average Bonchev–Trinajstić information content (AvgIpc) is 3.69. The predicted molar refractivity (Wildman–Crippen MR) is 157 cm³/mol. The molecule has 0 saturated carbocycles. The Morgan fingerprint density at radius 3 is 2.71 bits per heavy atom. The lowest BCUT2D eigenvalue weighted by Crippen LogP contribution is -2.39. The van der Waals surface area contributed by atoms with Crippen LogP contribution in [0, 0.1) is 0 Å². The lowest BCUT2D eigenvalue weighted by atomic mass is 9.95. The van der Waals surface area contributed by atoms with Crippen LogP contribution in [0.25, 0.3) is 28.2 Å². The maximum absolute atomic E-state index is 14.2. The Kier molecular flexibility index (Phi) is 6.09. The molecule has 0 bridgehead atoms. The zero-order chi connectivity index (χ0) is 28.1. The van der Waals surface area contributed by atoms with Crippen LogP contribution in [-0.2, 0) is 9.53 Å². The van der Waals surface area contributed by atoms with Crippen LogP contribution in [-0.4, -0.2) is 28.9 Å². The van der Waals surface area contributed by atoms with Crippen LogP contribution in [0.5, 0.6) is 11.5 Å². The lowest BCUT2D eigenvalue weighted by Gasteiger charge is -2.24. The summed E-state index contributed by atoms with van der Waals surface area (Å²) in [5, 5.41) is 1.01. The molecule has 204 valence electrons. The normalized spacial score (nSPS) is 16.1. The standard InChI is InChI=1S/C32H25N3O5S/c1-3-38-31(37)27-18(2)33-32-35(29(27)20-13-14-24-25(15-20)40-17-39-24)30(36)26(41-32)16-22-21-11-7-8-12-23(21)34-28(22)19-9-5-4-6-10-19/h4-16,29,34H,3,17H2,1-2H3/b26-16-/t29-/m1/s1. The van der Waals surface area contributed by atoms with Gasteiger partial charge in [0.05, 0.1) is 34.1 Å². The fourth-order valence-corrected chi connectivity index (χ4v) is 6.50. The minimum absolute atomic E-state index is 0.121. The van der Waals surface area contributed by atoms with Gasteiger partial charge >= 0.3 is 5.97 Å². The molecular formula is C32H25N3O5S. The van der Waals surface area contributed by atoms with Crippen molar-refractivity contribution in [2.45, 2.75) is 19.9 Å². The third-order valence-corrected chi connectivity index (χ3v) is 8.30. The molecule has 0 fully saturated rings. The highest BCUT2D eigenvalue weighted by molar-refractivity contribution is 7.07. The summed E-state index contributed by atoms with van der Waals surface area (Å²) >= 11 is 1.30. The Balaban J connectivity index is 1.46. The van der Waals surface area contributed by atoms with Crippen molar-refractivity contribution in [1.29, 1.82) is 0 Å². The van der Waals surface area contributed by atoms with E-state index in [1.54, 1.807) is 24.5 Å². The maximum atomic E-state index is 14.2. The first-order valence-corrected chi connectivity index (χ1v) is 14.1. The number of aromatic amines is 1. The van der Waals surface area contributed by atoms with Gasteiger partial charge in [-0.1, -0.05) is 65.9 Å². The summed E-state index contributed by atoms with van der Waals surface area (Å²) < 4.78 is 18.6. The topological polar surface area (TPSA) is 94.9 Å². The van der Waals surface area contributed by atoms with Crippen LogP contribution >= 0.6 is 11.3 Å². The van der Waals surface area contributed by atoms with Crippen LogP contribution in [0.1, 0.15) is 31.0 Å². The monoisotopic (exact) mass is 563 g/mol. The minimum atomic E-state index is -0.737. The van der Waals surface area contributed by atoms with Crippen LogP contribution in [0.15, 0.2) is 93.9 Å². The number of esters is 1. The molecule has 5 aromatic rings. The number of H-pyrrole nitrogens is 1. The second kappa shape index (κ2) is 9.94. The lowest BCUT2D eigenvalue weighted by molar-refractivity contribution is -0.139. The summed E-state index contributed by atoms with van der Waals surface area (Å²) in [6.45, 7) is 3.85. The van der Waals surface area contributed by atoms with Gasteiger partial charge in [0, 0.05) is 16.5 Å². The smallest absolute Gasteiger partial charge is 0.338 e. The molecule has 2 aliphatic heterocycles. The molecule has 2 aliphatic rings. The van der Waals surface area contributed by atoms with Crippen molar-refractivity contribution < 1.29 is 19.0 Å². The van der Waals surface area contributed by atoms with E-state index >= 15 is 0 Å². The average molecular weight is 564 g/mol. The van der Waals surface area contributed by atoms with E-state index in [0.29, 0.717) is 37.7 Å². The number of nitrogens with one attached hydrogen (secondary N) is 1. The number of fused-ring (bicyclic) bond motifs is 3. The number of thiazole rings is 1. The van der Waals surface area contributed by atoms with Gasteiger partial charge in [-0.25, -0.2) is 9.79 Å². The third kappa shape index (κ3) is 4.17. The van der Waals surface area contributed by atoms with E-state index in [-0.39, 0.29) is 19.0 Å². The summed E-state index contributed by atoms with van der Waals surface area (Å²) in [4.78, 5) is 36.2. The summed E-state index contributed by atoms with van der Waals surface area (Å²) in [5.41, 5.74) is 5.13. The Bertz CT molecular complexity index is 2050. The molecule has 41 heavy (non-hydrogen) atoms. The number of ether oxygens (including phenoxy) is 3. The highest BCUT2D eigenvalue weighted by Crippen LogP contribution is 2.38. The number of benzene rings is 3. The van der Waals surface area contributed by atoms with Crippen molar-refractivity contribution in [1.82, 2.24) is 9.55 Å². The van der Waals surface area contributed by atoms with Gasteiger partial charge < -0.3 is 19.2 Å². The van der Waals surface area contributed by atoms with E-state index in [0.717, 1.165) is 27.7 Å². The molecule has 1 N–H and O–H groups in total. The third-order valence-electron chi connectivity index (χ3n) is 7.31. The quantitative estimate of drug-likeness (QED) is 0.314. The van der Waals surface area contributed by atoms with Gasteiger partial charge in [-0.2, -0.15) is 0 Å². The van der Waals surface area contributed by atoms with Crippen LogP contribution < -0.4 is 24.4 Å². The van der Waals surface area contributed by atoms with E-state index in [9.17, 15) is 9.59 Å². The van der Waals surface area contributed by atoms with Gasteiger partial charge in [0.15, 0.2) is 16.3 Å².